The van der Waals surface area contributed by atoms with Crippen LogP contribution in [0, 0.1) is 0 Å². The summed E-state index contributed by atoms with van der Waals surface area (Å²) in [7, 11) is -3.82. The molecule has 0 fully saturated rings. The van der Waals surface area contributed by atoms with Crippen molar-refractivity contribution in [3.63, 3.8) is 0 Å². The molecule has 1 unspecified atom stereocenters. The highest BCUT2D eigenvalue weighted by atomic mass is 32.2. The number of ether oxygens (including phenoxy) is 1. The van der Waals surface area contributed by atoms with Crippen molar-refractivity contribution in [2.24, 2.45) is 5.14 Å². The van der Waals surface area contributed by atoms with Crippen LogP contribution in [0.25, 0.3) is 16.7 Å². The number of aromatic nitrogens is 2. The first kappa shape index (κ1) is 26.7. The molecular formula is C26H31N3O4S2. The van der Waals surface area contributed by atoms with Crippen LogP contribution in [0.5, 0.6) is 0 Å². The Morgan fingerprint density at radius 1 is 1.17 bits per heavy atom. The quantitative estimate of drug-likeness (QED) is 0.212. The molecule has 1 atom stereocenters. The van der Waals surface area contributed by atoms with E-state index in [1.54, 1.807) is 18.2 Å². The van der Waals surface area contributed by atoms with Gasteiger partial charge in [0.05, 0.1) is 16.2 Å². The normalized spacial score (nSPS) is 12.3. The highest BCUT2D eigenvalue weighted by molar-refractivity contribution is 7.98. The van der Waals surface area contributed by atoms with Crippen molar-refractivity contribution in [3.8, 4) is 11.1 Å². The number of imidazole rings is 1. The van der Waals surface area contributed by atoms with Gasteiger partial charge in [0.15, 0.2) is 0 Å². The largest absolute Gasteiger partial charge is 0.459 e. The van der Waals surface area contributed by atoms with E-state index in [0.29, 0.717) is 30.5 Å². The number of aromatic amines is 1. The first-order valence-electron chi connectivity index (χ1n) is 11.4. The van der Waals surface area contributed by atoms with Gasteiger partial charge in [-0.15, -0.1) is 11.8 Å². The number of nitrogens with one attached hydrogen (secondary N) is 1. The standard InChI is InChI=1S/C26H31N3O4S2/c1-5-20(33-26(30)17(3)24-25(34-4)29-23(6-2)28-24)16-13-18-11-14-19(15-12-18)21-9-7-8-10-22(21)35(27,31)32/h7-12,14-15,20H,3,5-6,13,16H2,1-2,4H3,(H,28,29)(H2,27,31,32). The molecule has 0 radical (unpaired) electrons. The van der Waals surface area contributed by atoms with Gasteiger partial charge in [0, 0.05) is 12.0 Å². The first-order chi connectivity index (χ1) is 16.7. The summed E-state index contributed by atoms with van der Waals surface area (Å²) < 4.78 is 29.6. The molecule has 3 aromatic rings. The topological polar surface area (TPSA) is 115 Å². The molecule has 3 rings (SSSR count). The third-order valence-electron chi connectivity index (χ3n) is 5.74. The van der Waals surface area contributed by atoms with E-state index in [4.69, 9.17) is 9.88 Å². The molecule has 7 nitrogen and oxygen atoms in total. The summed E-state index contributed by atoms with van der Waals surface area (Å²) in [5.74, 6) is 0.355. The minimum Gasteiger partial charge on any atom is -0.459 e. The van der Waals surface area contributed by atoms with Crippen LogP contribution < -0.4 is 5.14 Å². The highest BCUT2D eigenvalue weighted by Gasteiger charge is 2.21. The van der Waals surface area contributed by atoms with Gasteiger partial charge < -0.3 is 9.72 Å². The van der Waals surface area contributed by atoms with Crippen LogP contribution in [0.4, 0.5) is 0 Å². The number of primary sulfonamides is 1. The second kappa shape index (κ2) is 11.7. The van der Waals surface area contributed by atoms with Crippen molar-refractivity contribution >= 4 is 33.3 Å². The summed E-state index contributed by atoms with van der Waals surface area (Å²) in [6.07, 6.45) is 4.42. The summed E-state index contributed by atoms with van der Waals surface area (Å²) in [4.78, 5) is 20.5. The van der Waals surface area contributed by atoms with Gasteiger partial charge in [-0.1, -0.05) is 62.9 Å². The molecule has 9 heteroatoms. The maximum absolute atomic E-state index is 12.8. The van der Waals surface area contributed by atoms with E-state index in [1.807, 2.05) is 44.4 Å². The van der Waals surface area contributed by atoms with Gasteiger partial charge in [-0.3, -0.25) is 0 Å². The Hall–Kier alpha value is -2.88. The lowest BCUT2D eigenvalue weighted by Gasteiger charge is -2.17. The zero-order chi connectivity index (χ0) is 25.6. The van der Waals surface area contributed by atoms with E-state index >= 15 is 0 Å². The molecule has 0 spiro atoms. The van der Waals surface area contributed by atoms with Crippen LogP contribution in [0.1, 0.15) is 43.8 Å². The number of rotatable bonds is 11. The monoisotopic (exact) mass is 513 g/mol. The second-order valence-electron chi connectivity index (χ2n) is 8.11. The van der Waals surface area contributed by atoms with E-state index in [-0.39, 0.29) is 16.6 Å². The van der Waals surface area contributed by atoms with E-state index in [1.165, 1.54) is 17.8 Å². The number of sulfonamides is 1. The van der Waals surface area contributed by atoms with Gasteiger partial charge >= 0.3 is 5.97 Å². The van der Waals surface area contributed by atoms with Crippen molar-refractivity contribution in [1.82, 2.24) is 9.97 Å². The van der Waals surface area contributed by atoms with Gasteiger partial charge in [0.25, 0.3) is 0 Å². The molecular weight excluding hydrogens is 482 g/mol. The van der Waals surface area contributed by atoms with E-state index in [9.17, 15) is 13.2 Å². The fourth-order valence-corrected chi connectivity index (χ4v) is 5.07. The van der Waals surface area contributed by atoms with Crippen molar-refractivity contribution in [3.05, 3.63) is 72.2 Å². The van der Waals surface area contributed by atoms with Crippen LogP contribution in [-0.2, 0) is 32.4 Å². The van der Waals surface area contributed by atoms with Crippen LogP contribution >= 0.6 is 11.8 Å². The smallest absolute Gasteiger partial charge is 0.340 e. The maximum atomic E-state index is 12.8. The van der Waals surface area contributed by atoms with Crippen LogP contribution in [0.3, 0.4) is 0 Å². The third kappa shape index (κ3) is 6.62. The van der Waals surface area contributed by atoms with Gasteiger partial charge in [-0.05, 0) is 42.7 Å². The van der Waals surface area contributed by atoms with E-state index in [2.05, 4.69) is 16.5 Å². The Labute approximate surface area is 211 Å². The Bertz CT molecular complexity index is 1300. The predicted octanol–water partition coefficient (Wildman–Crippen LogP) is 4.98. The van der Waals surface area contributed by atoms with Gasteiger partial charge in [0.2, 0.25) is 10.0 Å². The molecule has 0 saturated heterocycles. The van der Waals surface area contributed by atoms with E-state index < -0.39 is 16.0 Å². The molecule has 3 N–H and O–H groups in total. The van der Waals surface area contributed by atoms with Crippen molar-refractivity contribution in [2.45, 2.75) is 55.6 Å². The van der Waals surface area contributed by atoms with E-state index in [0.717, 1.165) is 28.4 Å². The second-order valence-corrected chi connectivity index (χ2v) is 10.4. The fourth-order valence-electron chi connectivity index (χ4n) is 3.73. The molecule has 0 amide bonds. The highest BCUT2D eigenvalue weighted by Crippen LogP contribution is 2.28. The molecule has 2 aromatic carbocycles. The number of benzene rings is 2. The number of H-pyrrole nitrogens is 1. The number of aryl methyl sites for hydroxylation is 2. The number of hydrogen-bond acceptors (Lipinski definition) is 6. The van der Waals surface area contributed by atoms with Crippen molar-refractivity contribution < 1.29 is 17.9 Å². The van der Waals surface area contributed by atoms with Gasteiger partial charge in [-0.25, -0.2) is 23.3 Å². The molecule has 0 aliphatic carbocycles. The molecule has 0 bridgehead atoms. The minimum absolute atomic E-state index is 0.0962. The van der Waals surface area contributed by atoms with Crippen molar-refractivity contribution in [2.75, 3.05) is 6.26 Å². The van der Waals surface area contributed by atoms with Crippen LogP contribution in [0.2, 0.25) is 0 Å². The number of nitrogens with two attached hydrogens (primary N) is 1. The molecule has 1 heterocycles. The molecule has 35 heavy (non-hydrogen) atoms. The summed E-state index contributed by atoms with van der Waals surface area (Å²) in [5.41, 5.74) is 3.28. The Balaban J connectivity index is 1.64. The lowest BCUT2D eigenvalue weighted by Crippen LogP contribution is -2.19. The average Bonchev–Trinajstić information content (AvgIpc) is 3.29. The predicted molar refractivity (Wildman–Crippen MR) is 141 cm³/mol. The average molecular weight is 514 g/mol. The number of thioether (sulfide) groups is 1. The number of esters is 1. The fraction of sp³-hybridized carbons (Fsp3) is 0.308. The lowest BCUT2D eigenvalue weighted by molar-refractivity contribution is -0.142. The molecule has 1 aromatic heterocycles. The lowest BCUT2D eigenvalue weighted by atomic mass is 10.0. The number of carbonyl (C=O) groups is 1. The zero-order valence-electron chi connectivity index (χ0n) is 20.2. The van der Waals surface area contributed by atoms with Gasteiger partial charge in [-0.2, -0.15) is 0 Å². The Morgan fingerprint density at radius 3 is 2.46 bits per heavy atom. The number of carbonyl (C=O) groups excluding carboxylic acids is 1. The Morgan fingerprint density at radius 2 is 1.86 bits per heavy atom. The first-order valence-corrected chi connectivity index (χ1v) is 14.2. The summed E-state index contributed by atoms with van der Waals surface area (Å²) in [5, 5.41) is 6.10. The number of hydrogen-bond donors (Lipinski definition) is 2. The number of nitrogens with zero attached hydrogens (tertiary/aromatic N) is 1. The Kier molecular flexibility index (Phi) is 8.93. The summed E-state index contributed by atoms with van der Waals surface area (Å²) in [6.45, 7) is 7.91. The maximum Gasteiger partial charge on any atom is 0.340 e. The third-order valence-corrected chi connectivity index (χ3v) is 7.39. The minimum atomic E-state index is -3.82. The zero-order valence-corrected chi connectivity index (χ0v) is 21.8. The molecule has 0 saturated carbocycles. The van der Waals surface area contributed by atoms with Crippen molar-refractivity contribution in [1.29, 1.82) is 0 Å². The molecule has 0 aliphatic heterocycles. The SMILES string of the molecule is C=C(C(=O)OC(CC)CCc1ccc(-c2ccccc2S(N)(=O)=O)cc1)c1[nH]c(CC)nc1SC. The van der Waals surface area contributed by atoms with Crippen LogP contribution in [0.15, 0.2) is 65.0 Å². The molecule has 0 aliphatic rings. The van der Waals surface area contributed by atoms with Gasteiger partial charge in [0.1, 0.15) is 17.0 Å². The van der Waals surface area contributed by atoms with Crippen LogP contribution in [-0.4, -0.2) is 36.7 Å². The summed E-state index contributed by atoms with van der Waals surface area (Å²) >= 11 is 1.46. The summed E-state index contributed by atoms with van der Waals surface area (Å²) in [6, 6.07) is 14.3. The molecule has 186 valence electrons.